The zero-order valence-electron chi connectivity index (χ0n) is 12.2. The molecule has 6 heteroatoms. The summed E-state index contributed by atoms with van der Waals surface area (Å²) >= 11 is 0. The number of carbonyl (C=O) groups excluding carboxylic acids is 3. The van der Waals surface area contributed by atoms with Gasteiger partial charge >= 0.3 is 5.97 Å². The number of hydrogen-bond donors (Lipinski definition) is 0. The monoisotopic (exact) mass is 307 g/mol. The van der Waals surface area contributed by atoms with E-state index in [1.54, 1.807) is 4.90 Å². The third kappa shape index (κ3) is 4.65. The Labute approximate surface area is 128 Å². The van der Waals surface area contributed by atoms with Crippen LogP contribution in [0.5, 0.6) is 0 Å². The molecule has 0 saturated carbocycles. The van der Waals surface area contributed by atoms with Crippen LogP contribution in [0, 0.1) is 5.82 Å². The van der Waals surface area contributed by atoms with Crippen molar-refractivity contribution in [2.75, 3.05) is 19.7 Å². The molecule has 0 unspecified atom stereocenters. The number of halogens is 1. The van der Waals surface area contributed by atoms with Crippen LogP contribution < -0.4 is 0 Å². The topological polar surface area (TPSA) is 63.7 Å². The molecule has 1 aromatic rings. The molecule has 1 saturated heterocycles. The van der Waals surface area contributed by atoms with E-state index in [2.05, 4.69) is 0 Å². The van der Waals surface area contributed by atoms with Gasteiger partial charge in [-0.1, -0.05) is 0 Å². The Morgan fingerprint density at radius 2 is 1.68 bits per heavy atom. The summed E-state index contributed by atoms with van der Waals surface area (Å²) in [7, 11) is 0. The fraction of sp³-hybridized carbons (Fsp3) is 0.438. The van der Waals surface area contributed by atoms with Gasteiger partial charge in [0.15, 0.2) is 12.4 Å². The van der Waals surface area contributed by atoms with Crippen LogP contribution in [0.4, 0.5) is 4.39 Å². The normalized spacial score (nSPS) is 14.0. The van der Waals surface area contributed by atoms with E-state index < -0.39 is 11.8 Å². The van der Waals surface area contributed by atoms with Crippen LogP contribution in [0.1, 0.15) is 36.0 Å². The maximum Gasteiger partial charge on any atom is 0.306 e. The third-order valence-corrected chi connectivity index (χ3v) is 3.54. The first kappa shape index (κ1) is 16.1. The number of likely N-dealkylation sites (tertiary alicyclic amines) is 1. The van der Waals surface area contributed by atoms with Crippen molar-refractivity contribution in [1.82, 2.24) is 4.90 Å². The molecule has 1 aliphatic heterocycles. The quantitative estimate of drug-likeness (QED) is 0.595. The van der Waals surface area contributed by atoms with Crippen LogP contribution in [-0.4, -0.2) is 42.3 Å². The summed E-state index contributed by atoms with van der Waals surface area (Å²) in [5, 5.41) is 0. The van der Waals surface area contributed by atoms with Gasteiger partial charge in [-0.15, -0.1) is 0 Å². The first-order chi connectivity index (χ1) is 10.6. The second-order valence-corrected chi connectivity index (χ2v) is 5.18. The van der Waals surface area contributed by atoms with Crippen LogP contribution in [0.2, 0.25) is 0 Å². The molecule has 5 nitrogen and oxygen atoms in total. The van der Waals surface area contributed by atoms with Crippen molar-refractivity contribution in [3.8, 4) is 0 Å². The number of ketones is 1. The molecule has 1 aromatic carbocycles. The smallest absolute Gasteiger partial charge is 0.306 e. The molecule has 1 aliphatic rings. The van der Waals surface area contributed by atoms with Crippen molar-refractivity contribution >= 4 is 17.7 Å². The highest BCUT2D eigenvalue weighted by Gasteiger charge is 2.19. The molecule has 1 amide bonds. The standard InChI is InChI=1S/C16H18FNO4/c17-13-5-3-12(4-6-13)14(19)7-8-16(21)22-11-15(20)18-9-1-2-10-18/h3-6H,1-2,7-11H2. The number of carbonyl (C=O) groups is 3. The summed E-state index contributed by atoms with van der Waals surface area (Å²) in [4.78, 5) is 36.7. The van der Waals surface area contributed by atoms with Gasteiger partial charge in [0.05, 0.1) is 6.42 Å². The lowest BCUT2D eigenvalue weighted by atomic mass is 10.1. The van der Waals surface area contributed by atoms with E-state index in [-0.39, 0.29) is 31.1 Å². The summed E-state index contributed by atoms with van der Waals surface area (Å²) in [5.74, 6) is -1.46. The molecular formula is C16H18FNO4. The van der Waals surface area contributed by atoms with Gasteiger partial charge in [0.2, 0.25) is 0 Å². The molecule has 1 heterocycles. The SMILES string of the molecule is O=C(CCC(=O)c1ccc(F)cc1)OCC(=O)N1CCCC1. The van der Waals surface area contributed by atoms with Crippen molar-refractivity contribution < 1.29 is 23.5 Å². The van der Waals surface area contributed by atoms with Gasteiger partial charge in [0.1, 0.15) is 5.82 Å². The number of rotatable bonds is 6. The molecule has 0 spiro atoms. The van der Waals surface area contributed by atoms with Crippen LogP contribution in [0.3, 0.4) is 0 Å². The van der Waals surface area contributed by atoms with Crippen molar-refractivity contribution in [1.29, 1.82) is 0 Å². The highest BCUT2D eigenvalue weighted by molar-refractivity contribution is 5.97. The average molecular weight is 307 g/mol. The first-order valence-corrected chi connectivity index (χ1v) is 7.28. The van der Waals surface area contributed by atoms with Gasteiger partial charge < -0.3 is 9.64 Å². The largest absolute Gasteiger partial charge is 0.456 e. The zero-order valence-corrected chi connectivity index (χ0v) is 12.2. The third-order valence-electron chi connectivity index (χ3n) is 3.54. The van der Waals surface area contributed by atoms with Crippen LogP contribution in [0.25, 0.3) is 0 Å². The fourth-order valence-corrected chi connectivity index (χ4v) is 2.27. The minimum Gasteiger partial charge on any atom is -0.456 e. The Kier molecular flexibility index (Phi) is 5.63. The molecule has 0 radical (unpaired) electrons. The number of ether oxygens (including phenoxy) is 1. The first-order valence-electron chi connectivity index (χ1n) is 7.28. The Morgan fingerprint density at radius 1 is 1.05 bits per heavy atom. The lowest BCUT2D eigenvalue weighted by Gasteiger charge is -2.14. The lowest BCUT2D eigenvalue weighted by molar-refractivity contribution is -0.151. The second kappa shape index (κ2) is 7.68. The lowest BCUT2D eigenvalue weighted by Crippen LogP contribution is -2.32. The maximum absolute atomic E-state index is 12.7. The molecule has 118 valence electrons. The van der Waals surface area contributed by atoms with E-state index in [9.17, 15) is 18.8 Å². The Morgan fingerprint density at radius 3 is 2.32 bits per heavy atom. The Hall–Kier alpha value is -2.24. The number of benzene rings is 1. The molecule has 0 N–H and O–H groups in total. The van der Waals surface area contributed by atoms with Crippen molar-refractivity contribution in [3.63, 3.8) is 0 Å². The fourth-order valence-electron chi connectivity index (χ4n) is 2.27. The zero-order chi connectivity index (χ0) is 15.9. The minimum absolute atomic E-state index is 0.0254. The maximum atomic E-state index is 12.7. The summed E-state index contributed by atoms with van der Waals surface area (Å²) in [6, 6.07) is 5.14. The molecule has 22 heavy (non-hydrogen) atoms. The van der Waals surface area contributed by atoms with Crippen LogP contribution in [-0.2, 0) is 14.3 Å². The van der Waals surface area contributed by atoms with Crippen molar-refractivity contribution in [2.45, 2.75) is 25.7 Å². The Balaban J connectivity index is 1.69. The summed E-state index contributed by atoms with van der Waals surface area (Å²) in [5.41, 5.74) is 0.349. The van der Waals surface area contributed by atoms with E-state index in [1.165, 1.54) is 24.3 Å². The van der Waals surface area contributed by atoms with Crippen LogP contribution >= 0.6 is 0 Å². The van der Waals surface area contributed by atoms with Gasteiger partial charge in [-0.25, -0.2) is 4.39 Å². The van der Waals surface area contributed by atoms with Gasteiger partial charge in [-0.3, -0.25) is 14.4 Å². The van der Waals surface area contributed by atoms with Crippen molar-refractivity contribution in [3.05, 3.63) is 35.6 Å². The van der Waals surface area contributed by atoms with Gasteiger partial charge in [0.25, 0.3) is 5.91 Å². The highest BCUT2D eigenvalue weighted by atomic mass is 19.1. The van der Waals surface area contributed by atoms with E-state index in [4.69, 9.17) is 4.74 Å². The predicted molar refractivity (Wildman–Crippen MR) is 76.7 cm³/mol. The molecular weight excluding hydrogens is 289 g/mol. The summed E-state index contributed by atoms with van der Waals surface area (Å²) < 4.78 is 17.6. The van der Waals surface area contributed by atoms with Crippen molar-refractivity contribution in [2.24, 2.45) is 0 Å². The number of Topliss-reactive ketones (excluding diaryl/α,β-unsaturated/α-hetero) is 1. The molecule has 0 bridgehead atoms. The average Bonchev–Trinajstić information content (AvgIpc) is 3.05. The molecule has 1 fully saturated rings. The van der Waals surface area contributed by atoms with Gasteiger partial charge in [-0.05, 0) is 37.1 Å². The number of amides is 1. The Bertz CT molecular complexity index is 550. The van der Waals surface area contributed by atoms with E-state index in [0.717, 1.165) is 12.8 Å². The van der Waals surface area contributed by atoms with E-state index in [0.29, 0.717) is 18.7 Å². The predicted octanol–water partition coefficient (Wildman–Crippen LogP) is 1.95. The van der Waals surface area contributed by atoms with E-state index in [1.807, 2.05) is 0 Å². The summed E-state index contributed by atoms with van der Waals surface area (Å²) in [6.45, 7) is 1.14. The molecule has 0 aromatic heterocycles. The molecule has 0 aliphatic carbocycles. The number of esters is 1. The van der Waals surface area contributed by atoms with Gasteiger partial charge in [-0.2, -0.15) is 0 Å². The second-order valence-electron chi connectivity index (χ2n) is 5.18. The van der Waals surface area contributed by atoms with Gasteiger partial charge in [0, 0.05) is 25.1 Å². The minimum atomic E-state index is -0.581. The number of nitrogens with zero attached hydrogens (tertiary/aromatic N) is 1. The molecule has 0 atom stereocenters. The molecule has 2 rings (SSSR count). The van der Waals surface area contributed by atoms with Crippen LogP contribution in [0.15, 0.2) is 24.3 Å². The summed E-state index contributed by atoms with van der Waals surface area (Å²) in [6.07, 6.45) is 1.84. The highest BCUT2D eigenvalue weighted by Crippen LogP contribution is 2.09. The number of hydrogen-bond acceptors (Lipinski definition) is 4. The van der Waals surface area contributed by atoms with E-state index >= 15 is 0 Å².